The lowest BCUT2D eigenvalue weighted by molar-refractivity contribution is -0.138. The first-order valence-electron chi connectivity index (χ1n) is 6.44. The van der Waals surface area contributed by atoms with Crippen LogP contribution in [0.15, 0.2) is 12.1 Å². The fourth-order valence-electron chi connectivity index (χ4n) is 2.28. The Morgan fingerprint density at radius 2 is 1.77 bits per heavy atom. The van der Waals surface area contributed by atoms with Gasteiger partial charge in [0.25, 0.3) is 0 Å². The number of anilines is 1. The third-order valence-electron chi connectivity index (χ3n) is 3.27. The van der Waals surface area contributed by atoms with Crippen LogP contribution in [-0.2, 0) is 16.4 Å². The maximum absolute atomic E-state index is 13.3. The highest BCUT2D eigenvalue weighted by Gasteiger charge is 2.40. The van der Waals surface area contributed by atoms with Gasteiger partial charge in [-0.05, 0) is 23.1 Å². The molecule has 0 radical (unpaired) electrons. The molecule has 0 saturated carbocycles. The van der Waals surface area contributed by atoms with Gasteiger partial charge in [-0.25, -0.2) is 4.79 Å². The van der Waals surface area contributed by atoms with Crippen molar-refractivity contribution in [3.05, 3.63) is 28.3 Å². The van der Waals surface area contributed by atoms with E-state index < -0.39 is 34.1 Å². The Morgan fingerprint density at radius 1 is 1.18 bits per heavy atom. The van der Waals surface area contributed by atoms with Crippen molar-refractivity contribution in [3.63, 3.8) is 0 Å². The van der Waals surface area contributed by atoms with Gasteiger partial charge in [-0.1, -0.05) is 32.4 Å². The molecule has 1 aliphatic rings. The van der Waals surface area contributed by atoms with Gasteiger partial charge in [0.05, 0.1) is 10.6 Å². The molecule has 1 heterocycles. The third-order valence-corrected chi connectivity index (χ3v) is 3.57. The number of halogens is 4. The summed E-state index contributed by atoms with van der Waals surface area (Å²) in [5.74, 6) is -0.515. The zero-order valence-electron chi connectivity index (χ0n) is 12.1. The summed E-state index contributed by atoms with van der Waals surface area (Å²) in [4.78, 5) is 24.0. The van der Waals surface area contributed by atoms with E-state index in [4.69, 9.17) is 11.6 Å². The van der Waals surface area contributed by atoms with E-state index in [1.54, 1.807) is 20.8 Å². The van der Waals surface area contributed by atoms with Gasteiger partial charge in [-0.15, -0.1) is 0 Å². The molecule has 22 heavy (non-hydrogen) atoms. The number of carbonyl (C=O) groups excluding carboxylic acids is 2. The van der Waals surface area contributed by atoms with Crippen molar-refractivity contribution in [3.8, 4) is 0 Å². The number of urea groups is 1. The first-order chi connectivity index (χ1) is 9.91. The first kappa shape index (κ1) is 16.6. The van der Waals surface area contributed by atoms with Crippen molar-refractivity contribution in [2.75, 3.05) is 11.4 Å². The molecule has 1 aliphatic heterocycles. The molecule has 1 aromatic rings. The molecule has 2 rings (SSSR count). The third kappa shape index (κ3) is 3.04. The SMILES string of the molecule is CC(C)(C)c1cc(N2CC(=O)NC2=O)cc(Cl)c1C(F)(F)F. The minimum atomic E-state index is -4.61. The van der Waals surface area contributed by atoms with Crippen LogP contribution in [0.2, 0.25) is 5.02 Å². The van der Waals surface area contributed by atoms with E-state index in [1.807, 2.05) is 0 Å². The Balaban J connectivity index is 2.64. The molecule has 3 amide bonds. The first-order valence-corrected chi connectivity index (χ1v) is 6.81. The van der Waals surface area contributed by atoms with Gasteiger partial charge in [-0.2, -0.15) is 13.2 Å². The average Bonchev–Trinajstić information content (AvgIpc) is 2.64. The molecule has 0 bridgehead atoms. The standard InChI is InChI=1S/C14H14ClF3N2O2/c1-13(2,3)8-4-7(20-6-10(21)19-12(20)22)5-9(15)11(8)14(16,17)18/h4-5H,6H2,1-3H3,(H,19,21,22). The fourth-order valence-corrected chi connectivity index (χ4v) is 2.60. The largest absolute Gasteiger partial charge is 0.418 e. The number of hydrogen-bond donors (Lipinski definition) is 1. The number of imide groups is 1. The number of nitrogens with one attached hydrogen (secondary N) is 1. The van der Waals surface area contributed by atoms with E-state index in [-0.39, 0.29) is 17.8 Å². The molecular weight excluding hydrogens is 321 g/mol. The van der Waals surface area contributed by atoms with Gasteiger partial charge < -0.3 is 0 Å². The van der Waals surface area contributed by atoms with Crippen molar-refractivity contribution in [2.24, 2.45) is 0 Å². The second-order valence-electron chi connectivity index (χ2n) is 6.04. The minimum Gasteiger partial charge on any atom is -0.285 e. The molecule has 120 valence electrons. The summed E-state index contributed by atoms with van der Waals surface area (Å²) < 4.78 is 39.8. The molecule has 4 nitrogen and oxygen atoms in total. The number of hydrogen-bond acceptors (Lipinski definition) is 2. The maximum Gasteiger partial charge on any atom is 0.418 e. The van der Waals surface area contributed by atoms with Crippen molar-refractivity contribution < 1.29 is 22.8 Å². The van der Waals surface area contributed by atoms with Crippen molar-refractivity contribution in [1.29, 1.82) is 0 Å². The molecule has 1 fully saturated rings. The fraction of sp³-hybridized carbons (Fsp3) is 0.429. The van der Waals surface area contributed by atoms with E-state index in [0.29, 0.717) is 0 Å². The molecule has 0 atom stereocenters. The highest BCUT2D eigenvalue weighted by molar-refractivity contribution is 6.32. The van der Waals surface area contributed by atoms with Crippen LogP contribution in [0.1, 0.15) is 31.9 Å². The monoisotopic (exact) mass is 334 g/mol. The van der Waals surface area contributed by atoms with Gasteiger partial charge in [0.15, 0.2) is 0 Å². The van der Waals surface area contributed by atoms with Crippen LogP contribution >= 0.6 is 11.6 Å². The van der Waals surface area contributed by atoms with Crippen LogP contribution in [0.25, 0.3) is 0 Å². The van der Waals surface area contributed by atoms with Crippen molar-refractivity contribution >= 4 is 29.2 Å². The van der Waals surface area contributed by atoms with Gasteiger partial charge in [0.2, 0.25) is 5.91 Å². The molecule has 0 spiro atoms. The Labute approximate surface area is 130 Å². The number of carbonyl (C=O) groups is 2. The van der Waals surface area contributed by atoms with Crippen LogP contribution in [0.4, 0.5) is 23.7 Å². The Morgan fingerprint density at radius 3 is 2.18 bits per heavy atom. The molecule has 0 unspecified atom stereocenters. The summed E-state index contributed by atoms with van der Waals surface area (Å²) in [6.45, 7) is 4.61. The highest BCUT2D eigenvalue weighted by Crippen LogP contribution is 2.43. The zero-order chi connectivity index (χ0) is 16.9. The molecular formula is C14H14ClF3N2O2. The molecule has 1 aromatic carbocycles. The maximum atomic E-state index is 13.3. The number of benzene rings is 1. The summed E-state index contributed by atoms with van der Waals surface area (Å²) in [7, 11) is 0. The van der Waals surface area contributed by atoms with Crippen LogP contribution in [0.3, 0.4) is 0 Å². The Bertz CT molecular complexity index is 651. The molecule has 1 N–H and O–H groups in total. The summed E-state index contributed by atoms with van der Waals surface area (Å²) >= 11 is 5.82. The molecule has 0 aliphatic carbocycles. The number of rotatable bonds is 1. The van der Waals surface area contributed by atoms with E-state index in [2.05, 4.69) is 5.32 Å². The smallest absolute Gasteiger partial charge is 0.285 e. The highest BCUT2D eigenvalue weighted by atomic mass is 35.5. The Hall–Kier alpha value is -1.76. The Kier molecular flexibility index (Phi) is 3.89. The van der Waals surface area contributed by atoms with Crippen molar-refractivity contribution in [1.82, 2.24) is 5.32 Å². The van der Waals surface area contributed by atoms with Crippen LogP contribution in [0.5, 0.6) is 0 Å². The lowest BCUT2D eigenvalue weighted by Crippen LogP contribution is -2.29. The second kappa shape index (κ2) is 5.15. The predicted molar refractivity (Wildman–Crippen MR) is 76.0 cm³/mol. The normalized spacial score (nSPS) is 16.2. The summed E-state index contributed by atoms with van der Waals surface area (Å²) in [6.07, 6.45) is -4.61. The molecule has 0 aromatic heterocycles. The summed E-state index contributed by atoms with van der Waals surface area (Å²) in [6, 6.07) is 1.63. The van der Waals surface area contributed by atoms with Gasteiger partial charge in [0, 0.05) is 5.69 Å². The second-order valence-corrected chi connectivity index (χ2v) is 6.44. The number of nitrogens with zero attached hydrogens (tertiary/aromatic N) is 1. The average molecular weight is 335 g/mol. The minimum absolute atomic E-state index is 0.0327. The summed E-state index contributed by atoms with van der Waals surface area (Å²) in [5.41, 5.74) is -1.64. The van der Waals surface area contributed by atoms with Crippen molar-refractivity contribution in [2.45, 2.75) is 32.4 Å². The number of alkyl halides is 3. The van der Waals surface area contributed by atoms with E-state index in [1.165, 1.54) is 6.07 Å². The van der Waals surface area contributed by atoms with Gasteiger partial charge in [0.1, 0.15) is 6.54 Å². The van der Waals surface area contributed by atoms with Gasteiger partial charge >= 0.3 is 12.2 Å². The lowest BCUT2D eigenvalue weighted by Gasteiger charge is -2.27. The van der Waals surface area contributed by atoms with Gasteiger partial charge in [-0.3, -0.25) is 15.0 Å². The van der Waals surface area contributed by atoms with E-state index in [0.717, 1.165) is 11.0 Å². The van der Waals surface area contributed by atoms with E-state index >= 15 is 0 Å². The quantitative estimate of drug-likeness (QED) is 0.796. The van der Waals surface area contributed by atoms with Crippen LogP contribution in [-0.4, -0.2) is 18.5 Å². The predicted octanol–water partition coefficient (Wildman–Crippen LogP) is 3.71. The lowest BCUT2D eigenvalue weighted by atomic mass is 9.83. The summed E-state index contributed by atoms with van der Waals surface area (Å²) in [5, 5.41) is 1.57. The molecule has 8 heteroatoms. The zero-order valence-corrected chi connectivity index (χ0v) is 12.9. The molecule has 1 saturated heterocycles. The van der Waals surface area contributed by atoms with Crippen LogP contribution < -0.4 is 10.2 Å². The number of amides is 3. The van der Waals surface area contributed by atoms with E-state index in [9.17, 15) is 22.8 Å². The van der Waals surface area contributed by atoms with Crippen LogP contribution in [0, 0.1) is 0 Å². The topological polar surface area (TPSA) is 49.4 Å².